The number of amides is 1. The van der Waals surface area contributed by atoms with E-state index in [2.05, 4.69) is 28.0 Å². The van der Waals surface area contributed by atoms with Crippen LogP contribution in [0.4, 0.5) is 0 Å². The Balaban J connectivity index is 0.00000288. The van der Waals surface area contributed by atoms with Crippen molar-refractivity contribution in [1.82, 2.24) is 10.7 Å². The predicted octanol–water partition coefficient (Wildman–Crippen LogP) is 3.68. The molecular formula is C16H18Cl3N3O2. The van der Waals surface area contributed by atoms with Crippen LogP contribution in [0.15, 0.2) is 46.1 Å². The quantitative estimate of drug-likeness (QED) is 0.560. The van der Waals surface area contributed by atoms with E-state index < -0.39 is 0 Å². The first kappa shape index (κ1) is 20.5. The Bertz CT molecular complexity index is 674. The monoisotopic (exact) mass is 389 g/mol. The fraction of sp³-hybridized carbons (Fsp3) is 0.250. The molecule has 1 aromatic heterocycles. The van der Waals surface area contributed by atoms with Crippen LogP contribution in [0.2, 0.25) is 10.0 Å². The maximum Gasteiger partial charge on any atom is 0.254 e. The number of nitrogens with one attached hydrogen (secondary N) is 2. The highest BCUT2D eigenvalue weighted by Gasteiger charge is 2.08. The molecule has 2 rings (SSSR count). The molecule has 0 bridgehead atoms. The first-order chi connectivity index (χ1) is 11.1. The number of hydrogen-bond acceptors (Lipinski definition) is 4. The van der Waals surface area contributed by atoms with Gasteiger partial charge in [-0.05, 0) is 18.9 Å². The van der Waals surface area contributed by atoms with E-state index in [1.807, 2.05) is 25.1 Å². The molecule has 1 atom stereocenters. The predicted molar refractivity (Wildman–Crippen MR) is 99.3 cm³/mol. The molecule has 130 valence electrons. The van der Waals surface area contributed by atoms with Crippen molar-refractivity contribution in [2.75, 3.05) is 6.54 Å². The number of halogens is 3. The molecule has 1 heterocycles. The van der Waals surface area contributed by atoms with E-state index in [4.69, 9.17) is 27.6 Å². The third-order valence-corrected chi connectivity index (χ3v) is 3.85. The summed E-state index contributed by atoms with van der Waals surface area (Å²) in [6, 6.07) is 10.3. The van der Waals surface area contributed by atoms with Gasteiger partial charge in [0, 0.05) is 6.04 Å². The number of carbonyl (C=O) groups excluding carboxylic acids is 1. The summed E-state index contributed by atoms with van der Waals surface area (Å²) in [5.41, 5.74) is 3.61. The summed E-state index contributed by atoms with van der Waals surface area (Å²) in [6.45, 7) is 2.19. The molecule has 24 heavy (non-hydrogen) atoms. The van der Waals surface area contributed by atoms with Gasteiger partial charge in [-0.1, -0.05) is 53.5 Å². The molecule has 0 aliphatic carbocycles. The van der Waals surface area contributed by atoms with E-state index in [0.29, 0.717) is 10.8 Å². The third-order valence-electron chi connectivity index (χ3n) is 3.08. The topological polar surface area (TPSA) is 66.6 Å². The minimum Gasteiger partial charge on any atom is -0.460 e. The van der Waals surface area contributed by atoms with Crippen LogP contribution in [0, 0.1) is 0 Å². The summed E-state index contributed by atoms with van der Waals surface area (Å²) in [5, 5.41) is 7.48. The van der Waals surface area contributed by atoms with Gasteiger partial charge < -0.3 is 9.73 Å². The van der Waals surface area contributed by atoms with E-state index in [1.165, 1.54) is 18.0 Å². The zero-order valence-corrected chi connectivity index (χ0v) is 15.3. The van der Waals surface area contributed by atoms with Gasteiger partial charge >= 0.3 is 0 Å². The van der Waals surface area contributed by atoms with Crippen LogP contribution in [-0.4, -0.2) is 24.7 Å². The number of benzene rings is 1. The Morgan fingerprint density at radius 1 is 1.33 bits per heavy atom. The molecule has 5 nitrogen and oxygen atoms in total. The van der Waals surface area contributed by atoms with Gasteiger partial charge in [0.15, 0.2) is 5.76 Å². The van der Waals surface area contributed by atoms with Crippen LogP contribution in [0.3, 0.4) is 0 Å². The van der Waals surface area contributed by atoms with Gasteiger partial charge in [0.25, 0.3) is 5.91 Å². The standard InChI is InChI=1S/C16H17Cl2N3O2.ClH/c1-11(7-12-5-3-2-4-6-12)19-9-15(22)21-20-8-14-16(18)13(17)10-23-14;/h2-6,8,10-11,19H,7,9H2,1H3,(H,21,22);1H/b20-8+;. The molecule has 0 aliphatic rings. The number of carbonyl (C=O) groups is 1. The van der Waals surface area contributed by atoms with Crippen molar-refractivity contribution in [2.24, 2.45) is 5.10 Å². The summed E-state index contributed by atoms with van der Waals surface area (Å²) in [5.74, 6) is 0.0392. The van der Waals surface area contributed by atoms with E-state index in [0.717, 1.165) is 6.42 Å². The van der Waals surface area contributed by atoms with Gasteiger partial charge in [0.05, 0.1) is 17.8 Å². The minimum absolute atomic E-state index is 0. The molecule has 0 saturated carbocycles. The van der Waals surface area contributed by atoms with Crippen LogP contribution >= 0.6 is 35.6 Å². The van der Waals surface area contributed by atoms with E-state index in [9.17, 15) is 4.79 Å². The molecule has 1 unspecified atom stereocenters. The number of rotatable bonds is 7. The van der Waals surface area contributed by atoms with Crippen LogP contribution in [-0.2, 0) is 11.2 Å². The van der Waals surface area contributed by atoms with Crippen LogP contribution in [0.1, 0.15) is 18.2 Å². The Hall–Kier alpha value is -1.53. The second kappa shape index (κ2) is 10.4. The van der Waals surface area contributed by atoms with Crippen molar-refractivity contribution in [2.45, 2.75) is 19.4 Å². The van der Waals surface area contributed by atoms with E-state index in [-0.39, 0.29) is 35.9 Å². The van der Waals surface area contributed by atoms with E-state index >= 15 is 0 Å². The highest BCUT2D eigenvalue weighted by atomic mass is 35.5. The SMILES string of the molecule is CC(Cc1ccccc1)NCC(=O)N/N=C/c1occ(Cl)c1Cl.Cl. The van der Waals surface area contributed by atoms with Crippen LogP contribution in [0.25, 0.3) is 0 Å². The second-order valence-corrected chi connectivity index (χ2v) is 5.81. The molecule has 0 saturated heterocycles. The fourth-order valence-corrected chi connectivity index (χ4v) is 2.21. The van der Waals surface area contributed by atoms with E-state index in [1.54, 1.807) is 0 Å². The first-order valence-corrected chi connectivity index (χ1v) is 7.83. The first-order valence-electron chi connectivity index (χ1n) is 7.08. The van der Waals surface area contributed by atoms with Gasteiger partial charge in [-0.15, -0.1) is 12.4 Å². The number of hydrogen-bond donors (Lipinski definition) is 2. The van der Waals surface area contributed by atoms with Crippen LogP contribution < -0.4 is 10.7 Å². The van der Waals surface area contributed by atoms with Crippen molar-refractivity contribution in [1.29, 1.82) is 0 Å². The molecule has 0 radical (unpaired) electrons. The lowest BCUT2D eigenvalue weighted by molar-refractivity contribution is -0.120. The molecule has 2 N–H and O–H groups in total. The Labute approximate surface area is 156 Å². The molecule has 0 aliphatic heterocycles. The summed E-state index contributed by atoms with van der Waals surface area (Å²) in [4.78, 5) is 11.7. The third kappa shape index (κ3) is 6.53. The highest BCUT2D eigenvalue weighted by molar-refractivity contribution is 6.43. The average molecular weight is 391 g/mol. The van der Waals surface area contributed by atoms with Gasteiger partial charge in [-0.25, -0.2) is 5.43 Å². The van der Waals surface area contributed by atoms with Crippen LogP contribution in [0.5, 0.6) is 0 Å². The van der Waals surface area contributed by atoms with Crippen molar-refractivity contribution >= 4 is 47.7 Å². The molecular weight excluding hydrogens is 373 g/mol. The lowest BCUT2D eigenvalue weighted by Crippen LogP contribution is -2.37. The number of furan rings is 1. The zero-order chi connectivity index (χ0) is 16.7. The van der Waals surface area contributed by atoms with Crippen molar-refractivity contribution < 1.29 is 9.21 Å². The second-order valence-electron chi connectivity index (χ2n) is 5.03. The number of nitrogens with zero attached hydrogens (tertiary/aromatic N) is 1. The van der Waals surface area contributed by atoms with Crippen molar-refractivity contribution in [3.05, 3.63) is 58.0 Å². The highest BCUT2D eigenvalue weighted by Crippen LogP contribution is 2.26. The Kier molecular flexibility index (Phi) is 8.85. The minimum atomic E-state index is -0.255. The Morgan fingerprint density at radius 3 is 2.67 bits per heavy atom. The lowest BCUT2D eigenvalue weighted by Gasteiger charge is -2.12. The molecule has 1 aromatic carbocycles. The summed E-state index contributed by atoms with van der Waals surface area (Å²) < 4.78 is 5.06. The van der Waals surface area contributed by atoms with Gasteiger partial charge in [-0.2, -0.15) is 5.10 Å². The summed E-state index contributed by atoms with van der Waals surface area (Å²) in [6.07, 6.45) is 3.46. The largest absolute Gasteiger partial charge is 0.460 e. The maximum atomic E-state index is 11.7. The smallest absolute Gasteiger partial charge is 0.254 e. The lowest BCUT2D eigenvalue weighted by atomic mass is 10.1. The van der Waals surface area contributed by atoms with Crippen molar-refractivity contribution in [3.8, 4) is 0 Å². The Morgan fingerprint density at radius 2 is 2.04 bits per heavy atom. The van der Waals surface area contributed by atoms with Crippen molar-refractivity contribution in [3.63, 3.8) is 0 Å². The molecule has 8 heteroatoms. The molecule has 0 spiro atoms. The molecule has 1 amide bonds. The average Bonchev–Trinajstić information content (AvgIpc) is 2.86. The molecule has 2 aromatic rings. The van der Waals surface area contributed by atoms with Gasteiger partial charge in [0.1, 0.15) is 11.3 Å². The van der Waals surface area contributed by atoms with Gasteiger partial charge in [-0.3, -0.25) is 4.79 Å². The van der Waals surface area contributed by atoms with Gasteiger partial charge in [0.2, 0.25) is 0 Å². The maximum absolute atomic E-state index is 11.7. The fourth-order valence-electron chi connectivity index (χ4n) is 1.93. The summed E-state index contributed by atoms with van der Waals surface area (Å²) >= 11 is 11.6. The number of hydrazone groups is 1. The summed E-state index contributed by atoms with van der Waals surface area (Å²) in [7, 11) is 0. The zero-order valence-electron chi connectivity index (χ0n) is 13.0. The normalized spacial score (nSPS) is 12.0. The molecule has 0 fully saturated rings.